The second kappa shape index (κ2) is 5.69. The van der Waals surface area contributed by atoms with Crippen LogP contribution in [-0.2, 0) is 22.7 Å². The van der Waals surface area contributed by atoms with Crippen molar-refractivity contribution in [1.82, 2.24) is 4.98 Å². The fourth-order valence-electron chi connectivity index (χ4n) is 4.04. The molecule has 2 heterocycles. The largest absolute Gasteiger partial charge is 0.478 e. The van der Waals surface area contributed by atoms with Crippen LogP contribution in [0.5, 0.6) is 0 Å². The maximum Gasteiger partial charge on any atom is 0.335 e. The minimum atomic E-state index is -2.99. The molecule has 0 amide bonds. The van der Waals surface area contributed by atoms with Gasteiger partial charge < -0.3 is 10.0 Å². The first-order chi connectivity index (χ1) is 11.9. The van der Waals surface area contributed by atoms with Gasteiger partial charge in [-0.2, -0.15) is 0 Å². The number of sulfone groups is 1. The number of carboxylic acid groups (broad SMARTS) is 1. The highest BCUT2D eigenvalue weighted by Gasteiger charge is 2.33. The zero-order chi connectivity index (χ0) is 17.8. The number of benzene rings is 1. The van der Waals surface area contributed by atoms with E-state index in [1.807, 2.05) is 11.9 Å². The lowest BCUT2D eigenvalue weighted by Crippen LogP contribution is -2.33. The van der Waals surface area contributed by atoms with Gasteiger partial charge in [0, 0.05) is 24.2 Å². The second-order valence-electron chi connectivity index (χ2n) is 6.94. The van der Waals surface area contributed by atoms with Gasteiger partial charge in [0.2, 0.25) is 0 Å². The van der Waals surface area contributed by atoms with E-state index in [0.717, 1.165) is 47.1 Å². The molecule has 25 heavy (non-hydrogen) atoms. The van der Waals surface area contributed by atoms with Crippen LogP contribution in [0, 0.1) is 0 Å². The van der Waals surface area contributed by atoms with Crippen LogP contribution in [0.2, 0.25) is 0 Å². The average Bonchev–Trinajstić information content (AvgIpc) is 3.17. The third kappa shape index (κ3) is 2.76. The van der Waals surface area contributed by atoms with E-state index in [1.165, 1.54) is 0 Å². The first kappa shape index (κ1) is 16.3. The molecule has 132 valence electrons. The van der Waals surface area contributed by atoms with Crippen molar-refractivity contribution < 1.29 is 18.3 Å². The SMILES string of the molecule is CN(c1c2c(nc3ccc(C(=O)O)cc13)CCC2)[C@@H]1CCS(=O)(=O)C1. The summed E-state index contributed by atoms with van der Waals surface area (Å²) >= 11 is 0. The third-order valence-corrected chi connectivity index (χ3v) is 7.09. The Morgan fingerprint density at radius 2 is 2.12 bits per heavy atom. The number of pyridine rings is 1. The summed E-state index contributed by atoms with van der Waals surface area (Å²) < 4.78 is 23.8. The summed E-state index contributed by atoms with van der Waals surface area (Å²) in [5, 5.41) is 10.1. The van der Waals surface area contributed by atoms with Crippen molar-refractivity contribution in [3.63, 3.8) is 0 Å². The molecule has 4 rings (SSSR count). The van der Waals surface area contributed by atoms with Crippen LogP contribution < -0.4 is 4.90 Å². The number of hydrogen-bond donors (Lipinski definition) is 1. The molecule has 7 heteroatoms. The second-order valence-corrected chi connectivity index (χ2v) is 9.17. The number of carbonyl (C=O) groups is 1. The molecule has 2 aliphatic rings. The van der Waals surface area contributed by atoms with E-state index in [-0.39, 0.29) is 23.1 Å². The van der Waals surface area contributed by atoms with Gasteiger partial charge in [-0.25, -0.2) is 13.2 Å². The zero-order valence-electron chi connectivity index (χ0n) is 14.0. The zero-order valence-corrected chi connectivity index (χ0v) is 14.8. The smallest absolute Gasteiger partial charge is 0.335 e. The van der Waals surface area contributed by atoms with E-state index in [0.29, 0.717) is 6.42 Å². The molecule has 1 atom stereocenters. The molecule has 1 aromatic heterocycles. The van der Waals surface area contributed by atoms with Crippen LogP contribution in [-0.4, -0.2) is 49.1 Å². The minimum absolute atomic E-state index is 0.0752. The molecule has 1 aliphatic heterocycles. The number of aromatic carboxylic acids is 1. The maximum atomic E-state index is 11.9. The average molecular weight is 360 g/mol. The lowest BCUT2D eigenvalue weighted by molar-refractivity contribution is 0.0697. The molecule has 0 spiro atoms. The number of fused-ring (bicyclic) bond motifs is 2. The van der Waals surface area contributed by atoms with E-state index >= 15 is 0 Å². The van der Waals surface area contributed by atoms with Crippen molar-refractivity contribution in [3.05, 3.63) is 35.0 Å². The van der Waals surface area contributed by atoms with Crippen LogP contribution in [0.15, 0.2) is 18.2 Å². The normalized spacial score (nSPS) is 21.4. The Morgan fingerprint density at radius 3 is 2.80 bits per heavy atom. The topological polar surface area (TPSA) is 87.6 Å². The van der Waals surface area contributed by atoms with Crippen molar-refractivity contribution in [1.29, 1.82) is 0 Å². The first-order valence-corrected chi connectivity index (χ1v) is 10.3. The summed E-state index contributed by atoms with van der Waals surface area (Å²) in [4.78, 5) is 18.2. The quantitative estimate of drug-likeness (QED) is 0.901. The van der Waals surface area contributed by atoms with Crippen molar-refractivity contribution in [2.24, 2.45) is 0 Å². The molecule has 0 bridgehead atoms. The Morgan fingerprint density at radius 1 is 1.32 bits per heavy atom. The summed E-state index contributed by atoms with van der Waals surface area (Å²) in [5.74, 6) is -0.603. The number of hydrogen-bond acceptors (Lipinski definition) is 5. The van der Waals surface area contributed by atoms with Crippen molar-refractivity contribution in [2.75, 3.05) is 23.5 Å². The highest BCUT2D eigenvalue weighted by atomic mass is 32.2. The van der Waals surface area contributed by atoms with Gasteiger partial charge in [0.1, 0.15) is 0 Å². The molecule has 1 fully saturated rings. The van der Waals surface area contributed by atoms with Crippen LogP contribution in [0.1, 0.15) is 34.5 Å². The molecule has 0 unspecified atom stereocenters. The Hall–Kier alpha value is -2.15. The van der Waals surface area contributed by atoms with E-state index in [2.05, 4.69) is 0 Å². The van der Waals surface area contributed by atoms with Crippen LogP contribution in [0.4, 0.5) is 5.69 Å². The predicted octanol–water partition coefficient (Wildman–Crippen LogP) is 2.04. The number of nitrogens with zero attached hydrogens (tertiary/aromatic N) is 2. The van der Waals surface area contributed by atoms with Crippen LogP contribution in [0.3, 0.4) is 0 Å². The molecule has 6 nitrogen and oxygen atoms in total. The van der Waals surface area contributed by atoms with Crippen molar-refractivity contribution in [2.45, 2.75) is 31.7 Å². The molecule has 0 saturated carbocycles. The Kier molecular flexibility index (Phi) is 3.72. The summed E-state index contributed by atoms with van der Waals surface area (Å²) in [5.41, 5.74) is 4.15. The molecular formula is C18H20N2O4S. The standard InChI is InChI=1S/C18H20N2O4S/c1-20(12-7-8-25(23,24)10-12)17-13-3-2-4-15(13)19-16-6-5-11(18(21)22)9-14(16)17/h5-6,9,12H,2-4,7-8,10H2,1H3,(H,21,22)/t12-/m1/s1. The lowest BCUT2D eigenvalue weighted by atomic mass is 10.0. The minimum Gasteiger partial charge on any atom is -0.478 e. The lowest BCUT2D eigenvalue weighted by Gasteiger charge is -2.29. The third-order valence-electron chi connectivity index (χ3n) is 5.34. The number of anilines is 1. The van der Waals surface area contributed by atoms with E-state index in [1.54, 1.807) is 18.2 Å². The van der Waals surface area contributed by atoms with Gasteiger partial charge in [-0.1, -0.05) is 0 Å². The Balaban J connectivity index is 1.91. The molecule has 1 aliphatic carbocycles. The van der Waals surface area contributed by atoms with E-state index < -0.39 is 15.8 Å². The van der Waals surface area contributed by atoms with E-state index in [4.69, 9.17) is 4.98 Å². The molecule has 1 N–H and O–H groups in total. The van der Waals surface area contributed by atoms with Gasteiger partial charge in [0.15, 0.2) is 9.84 Å². The molecule has 2 aromatic rings. The summed E-state index contributed by atoms with van der Waals surface area (Å²) in [6, 6.07) is 4.91. The van der Waals surface area contributed by atoms with Gasteiger partial charge in [-0.3, -0.25) is 4.98 Å². The highest BCUT2D eigenvalue weighted by Crippen LogP contribution is 2.38. The summed E-state index contributed by atoms with van der Waals surface area (Å²) in [6.45, 7) is 0. The van der Waals surface area contributed by atoms with Crippen LogP contribution in [0.25, 0.3) is 10.9 Å². The number of rotatable bonds is 3. The monoisotopic (exact) mass is 360 g/mol. The maximum absolute atomic E-state index is 11.9. The van der Waals surface area contributed by atoms with Crippen molar-refractivity contribution in [3.8, 4) is 0 Å². The van der Waals surface area contributed by atoms with Gasteiger partial charge in [-0.05, 0) is 49.4 Å². The Bertz CT molecular complexity index is 984. The fourth-order valence-corrected chi connectivity index (χ4v) is 5.81. The van der Waals surface area contributed by atoms with Gasteiger partial charge >= 0.3 is 5.97 Å². The van der Waals surface area contributed by atoms with Gasteiger partial charge in [0.05, 0.1) is 28.3 Å². The summed E-state index contributed by atoms with van der Waals surface area (Å²) in [7, 11) is -1.07. The van der Waals surface area contributed by atoms with Gasteiger partial charge in [0.25, 0.3) is 0 Å². The van der Waals surface area contributed by atoms with Gasteiger partial charge in [-0.15, -0.1) is 0 Å². The molecular weight excluding hydrogens is 340 g/mol. The molecule has 1 saturated heterocycles. The number of aryl methyl sites for hydroxylation is 1. The van der Waals surface area contributed by atoms with Crippen LogP contribution >= 0.6 is 0 Å². The number of carboxylic acids is 1. The predicted molar refractivity (Wildman–Crippen MR) is 96.2 cm³/mol. The molecule has 0 radical (unpaired) electrons. The first-order valence-electron chi connectivity index (χ1n) is 8.48. The van der Waals surface area contributed by atoms with E-state index in [9.17, 15) is 18.3 Å². The molecule has 1 aromatic carbocycles. The Labute approximate surface area is 146 Å². The summed E-state index contributed by atoms with van der Waals surface area (Å²) in [6.07, 6.45) is 3.44. The highest BCUT2D eigenvalue weighted by molar-refractivity contribution is 7.91. The van der Waals surface area contributed by atoms with Crippen molar-refractivity contribution >= 4 is 32.4 Å². The fraction of sp³-hybridized carbons (Fsp3) is 0.444. The number of aromatic nitrogens is 1.